The fraction of sp³-hybridized carbons (Fsp3) is 0.458. The fourth-order valence-electron chi connectivity index (χ4n) is 4.02. The van der Waals surface area contributed by atoms with Crippen LogP contribution in [0.1, 0.15) is 30.0 Å². The van der Waals surface area contributed by atoms with Crippen molar-refractivity contribution in [1.29, 1.82) is 0 Å². The van der Waals surface area contributed by atoms with Gasteiger partial charge in [-0.1, -0.05) is 41.9 Å². The van der Waals surface area contributed by atoms with Crippen LogP contribution in [0, 0.1) is 0 Å². The van der Waals surface area contributed by atoms with E-state index in [-0.39, 0.29) is 18.1 Å². The highest BCUT2D eigenvalue weighted by Gasteiger charge is 2.22. The van der Waals surface area contributed by atoms with E-state index < -0.39 is 0 Å². The van der Waals surface area contributed by atoms with Gasteiger partial charge in [0.15, 0.2) is 0 Å². The summed E-state index contributed by atoms with van der Waals surface area (Å²) in [7, 11) is 5.69. The molecule has 2 aromatic carbocycles. The van der Waals surface area contributed by atoms with Gasteiger partial charge >= 0.3 is 6.03 Å². The molecule has 1 unspecified atom stereocenters. The van der Waals surface area contributed by atoms with Crippen LogP contribution in [0.25, 0.3) is 0 Å². The number of urea groups is 1. The monoisotopic (exact) mass is 444 g/mol. The Labute approximate surface area is 190 Å². The maximum Gasteiger partial charge on any atom is 0.315 e. The first kappa shape index (κ1) is 23.4. The van der Waals surface area contributed by atoms with Crippen LogP contribution in [-0.2, 0) is 6.54 Å². The van der Waals surface area contributed by atoms with Gasteiger partial charge in [0.05, 0.1) is 13.2 Å². The maximum atomic E-state index is 12.5. The van der Waals surface area contributed by atoms with Crippen LogP contribution >= 0.6 is 11.6 Å². The van der Waals surface area contributed by atoms with Crippen molar-refractivity contribution in [2.75, 3.05) is 40.8 Å². The molecule has 168 valence electrons. The predicted molar refractivity (Wildman–Crippen MR) is 126 cm³/mol. The number of carbonyl (C=O) groups is 1. The second kappa shape index (κ2) is 11.4. The van der Waals surface area contributed by atoms with E-state index in [0.29, 0.717) is 6.54 Å². The number of amides is 2. The average molecular weight is 445 g/mol. The summed E-state index contributed by atoms with van der Waals surface area (Å²) in [5, 5.41) is 6.95. The van der Waals surface area contributed by atoms with Crippen LogP contribution in [0.3, 0.4) is 0 Å². The minimum Gasteiger partial charge on any atom is -0.496 e. The second-order valence-electron chi connectivity index (χ2n) is 8.25. The van der Waals surface area contributed by atoms with Gasteiger partial charge in [-0.15, -0.1) is 0 Å². The van der Waals surface area contributed by atoms with Crippen LogP contribution in [0.15, 0.2) is 48.5 Å². The Balaban J connectivity index is 1.44. The Bertz CT molecular complexity index is 836. The first-order valence-electron chi connectivity index (χ1n) is 10.8. The lowest BCUT2D eigenvalue weighted by atomic mass is 10.0. The third-order valence-electron chi connectivity index (χ3n) is 5.82. The van der Waals surface area contributed by atoms with E-state index in [9.17, 15) is 4.79 Å². The van der Waals surface area contributed by atoms with Gasteiger partial charge in [-0.3, -0.25) is 4.90 Å². The number of benzene rings is 2. The molecule has 1 saturated heterocycles. The Hall–Kier alpha value is -2.28. The average Bonchev–Trinajstić information content (AvgIpc) is 2.77. The Morgan fingerprint density at radius 1 is 1.16 bits per heavy atom. The number of piperidine rings is 1. The quantitative estimate of drug-likeness (QED) is 0.648. The Morgan fingerprint density at radius 3 is 2.48 bits per heavy atom. The van der Waals surface area contributed by atoms with Gasteiger partial charge in [0.2, 0.25) is 0 Å². The van der Waals surface area contributed by atoms with Gasteiger partial charge < -0.3 is 20.3 Å². The van der Waals surface area contributed by atoms with Gasteiger partial charge in [0.25, 0.3) is 0 Å². The maximum absolute atomic E-state index is 12.5. The zero-order valence-corrected chi connectivity index (χ0v) is 19.4. The first-order chi connectivity index (χ1) is 15.0. The molecule has 0 bridgehead atoms. The summed E-state index contributed by atoms with van der Waals surface area (Å²) >= 11 is 5.97. The van der Waals surface area contributed by atoms with E-state index in [1.807, 2.05) is 50.5 Å². The second-order valence-corrected chi connectivity index (χ2v) is 8.69. The van der Waals surface area contributed by atoms with Crippen molar-refractivity contribution in [1.82, 2.24) is 20.4 Å². The number of nitrogens with zero attached hydrogens (tertiary/aromatic N) is 2. The number of methoxy groups -OCH3 is 1. The molecule has 2 N–H and O–H groups in total. The van der Waals surface area contributed by atoms with Gasteiger partial charge in [0.1, 0.15) is 5.75 Å². The molecular weight excluding hydrogens is 412 g/mol. The number of ether oxygens (including phenoxy) is 1. The first-order valence-corrected chi connectivity index (χ1v) is 11.1. The van der Waals surface area contributed by atoms with Crippen molar-refractivity contribution in [2.24, 2.45) is 0 Å². The highest BCUT2D eigenvalue weighted by Crippen LogP contribution is 2.27. The molecule has 0 saturated carbocycles. The summed E-state index contributed by atoms with van der Waals surface area (Å²) in [4.78, 5) is 17.0. The lowest BCUT2D eigenvalue weighted by Crippen LogP contribution is -2.48. The number of halogens is 1. The van der Waals surface area contributed by atoms with Crippen LogP contribution in [0.5, 0.6) is 5.75 Å². The summed E-state index contributed by atoms with van der Waals surface area (Å²) < 4.78 is 5.50. The van der Waals surface area contributed by atoms with E-state index in [4.69, 9.17) is 16.3 Å². The number of rotatable bonds is 8. The molecular formula is C24H33ClN4O2. The third-order valence-corrected chi connectivity index (χ3v) is 6.07. The Kier molecular flexibility index (Phi) is 8.58. The summed E-state index contributed by atoms with van der Waals surface area (Å²) in [5.41, 5.74) is 2.32. The number of likely N-dealkylation sites (N-methyl/N-ethyl adjacent to an activating group) is 1. The molecule has 6 nitrogen and oxygen atoms in total. The molecule has 1 atom stereocenters. The summed E-state index contributed by atoms with van der Waals surface area (Å²) in [6.07, 6.45) is 1.90. The molecule has 0 spiro atoms. The van der Waals surface area contributed by atoms with E-state index in [0.717, 1.165) is 48.8 Å². The third kappa shape index (κ3) is 6.86. The van der Waals surface area contributed by atoms with Gasteiger partial charge in [-0.05, 0) is 50.7 Å². The Morgan fingerprint density at radius 2 is 1.84 bits per heavy atom. The molecule has 31 heavy (non-hydrogen) atoms. The molecule has 1 fully saturated rings. The molecule has 0 radical (unpaired) electrons. The van der Waals surface area contributed by atoms with Crippen molar-refractivity contribution >= 4 is 17.6 Å². The predicted octanol–water partition coefficient (Wildman–Crippen LogP) is 3.92. The number of para-hydroxylation sites is 1. The van der Waals surface area contributed by atoms with E-state index >= 15 is 0 Å². The standard InChI is InChI=1S/C24H33ClN4O2/c1-28(2)22(21-6-4-5-7-23(21)31-3)16-26-24(30)27-20-12-14-29(15-13-20)17-18-8-10-19(25)11-9-18/h4-11,20,22H,12-17H2,1-3H3,(H2,26,27,30). The lowest BCUT2D eigenvalue weighted by Gasteiger charge is -2.32. The summed E-state index contributed by atoms with van der Waals surface area (Å²) in [6.45, 7) is 3.36. The molecule has 3 rings (SSSR count). The molecule has 1 aliphatic heterocycles. The molecule has 1 aliphatic rings. The van der Waals surface area contributed by atoms with Gasteiger partial charge in [-0.25, -0.2) is 4.79 Å². The van der Waals surface area contributed by atoms with Gasteiger partial charge in [0, 0.05) is 42.8 Å². The fourth-order valence-corrected chi connectivity index (χ4v) is 4.15. The number of hydrogen-bond acceptors (Lipinski definition) is 4. The molecule has 0 aliphatic carbocycles. The molecule has 2 amide bonds. The van der Waals surface area contributed by atoms with Crippen LogP contribution in [0.4, 0.5) is 4.79 Å². The molecule has 2 aromatic rings. The SMILES string of the molecule is COc1ccccc1C(CNC(=O)NC1CCN(Cc2ccc(Cl)cc2)CC1)N(C)C. The molecule has 7 heteroatoms. The zero-order valence-electron chi connectivity index (χ0n) is 18.6. The van der Waals surface area contributed by atoms with E-state index in [1.165, 1.54) is 5.56 Å². The number of carbonyl (C=O) groups excluding carboxylic acids is 1. The lowest BCUT2D eigenvalue weighted by molar-refractivity contribution is 0.185. The molecule has 0 aromatic heterocycles. The minimum atomic E-state index is -0.113. The number of likely N-dealkylation sites (tertiary alicyclic amines) is 1. The highest BCUT2D eigenvalue weighted by molar-refractivity contribution is 6.30. The van der Waals surface area contributed by atoms with E-state index in [1.54, 1.807) is 7.11 Å². The zero-order chi connectivity index (χ0) is 22.2. The topological polar surface area (TPSA) is 56.8 Å². The van der Waals surface area contributed by atoms with Crippen molar-refractivity contribution in [3.05, 3.63) is 64.7 Å². The van der Waals surface area contributed by atoms with Crippen molar-refractivity contribution in [3.8, 4) is 5.75 Å². The minimum absolute atomic E-state index is 0.0307. The normalized spacial score (nSPS) is 16.2. The number of hydrogen-bond donors (Lipinski definition) is 2. The van der Waals surface area contributed by atoms with Crippen LogP contribution in [0.2, 0.25) is 5.02 Å². The number of nitrogens with one attached hydrogen (secondary N) is 2. The van der Waals surface area contributed by atoms with E-state index in [2.05, 4.69) is 32.6 Å². The smallest absolute Gasteiger partial charge is 0.315 e. The van der Waals surface area contributed by atoms with Gasteiger partial charge in [-0.2, -0.15) is 0 Å². The summed E-state index contributed by atoms with van der Waals surface area (Å²) in [6, 6.07) is 16.1. The summed E-state index contributed by atoms with van der Waals surface area (Å²) in [5.74, 6) is 0.830. The molecule has 1 heterocycles. The highest BCUT2D eigenvalue weighted by atomic mass is 35.5. The van der Waals surface area contributed by atoms with Crippen LogP contribution < -0.4 is 15.4 Å². The van der Waals surface area contributed by atoms with Crippen molar-refractivity contribution in [3.63, 3.8) is 0 Å². The van der Waals surface area contributed by atoms with Crippen molar-refractivity contribution in [2.45, 2.75) is 31.5 Å². The van der Waals surface area contributed by atoms with Crippen LogP contribution in [-0.4, -0.2) is 62.7 Å². The van der Waals surface area contributed by atoms with Crippen molar-refractivity contribution < 1.29 is 9.53 Å². The largest absolute Gasteiger partial charge is 0.496 e.